The van der Waals surface area contributed by atoms with Crippen LogP contribution in [0.3, 0.4) is 0 Å². The number of nitrogens with zero attached hydrogens (tertiary/aromatic N) is 8. The molecular weight excluding hydrogens is 492 g/mol. The highest BCUT2D eigenvalue weighted by Crippen LogP contribution is 2.30. The van der Waals surface area contributed by atoms with E-state index in [-0.39, 0.29) is 40.6 Å². The Morgan fingerprint density at radius 2 is 1.82 bits per heavy atom. The van der Waals surface area contributed by atoms with Gasteiger partial charge in [-0.2, -0.15) is 0 Å². The number of imidazole rings is 1. The zero-order chi connectivity index (χ0) is 27.1. The van der Waals surface area contributed by atoms with E-state index in [0.29, 0.717) is 37.4 Å². The molecule has 0 saturated carbocycles. The summed E-state index contributed by atoms with van der Waals surface area (Å²) < 4.78 is 31.7. The molecule has 0 fully saturated rings. The van der Waals surface area contributed by atoms with E-state index >= 15 is 0 Å². The van der Waals surface area contributed by atoms with Crippen LogP contribution < -0.4 is 5.32 Å². The topological polar surface area (TPSA) is 105 Å². The van der Waals surface area contributed by atoms with Gasteiger partial charge in [0.15, 0.2) is 11.6 Å². The van der Waals surface area contributed by atoms with Gasteiger partial charge in [0.05, 0.1) is 24.0 Å². The summed E-state index contributed by atoms with van der Waals surface area (Å²) in [5, 5.41) is 2.93. The van der Waals surface area contributed by atoms with E-state index in [0.717, 1.165) is 17.5 Å². The lowest BCUT2D eigenvalue weighted by atomic mass is 10.1. The first kappa shape index (κ1) is 25.6. The Hall–Kier alpha value is -4.06. The number of aromatic nitrogens is 6. The molecule has 1 aliphatic heterocycles. The SMILES string of the molecule is Cc1nc2c(F)cc(-c3nc(Nc4ncc5c(n4)CCN(C(=O)CN(C)C)C5)ncc3F)cc2n1C(C)C. The number of carbonyl (C=O) groups excluding carboxylic acids is 1. The molecular formula is C26H29F2N9O. The van der Waals surface area contributed by atoms with Crippen molar-refractivity contribution in [3.05, 3.63) is 53.2 Å². The Morgan fingerprint density at radius 3 is 2.55 bits per heavy atom. The molecule has 1 N–H and O–H groups in total. The molecule has 0 bridgehead atoms. The van der Waals surface area contributed by atoms with E-state index < -0.39 is 11.6 Å². The third-order valence-electron chi connectivity index (χ3n) is 6.42. The predicted octanol–water partition coefficient (Wildman–Crippen LogP) is 3.64. The van der Waals surface area contributed by atoms with E-state index in [4.69, 9.17) is 0 Å². The summed E-state index contributed by atoms with van der Waals surface area (Å²) in [4.78, 5) is 37.6. The quantitative estimate of drug-likeness (QED) is 0.410. The fourth-order valence-electron chi connectivity index (χ4n) is 4.75. The van der Waals surface area contributed by atoms with Crippen molar-refractivity contribution in [2.24, 2.45) is 0 Å². The number of amides is 1. The monoisotopic (exact) mass is 521 g/mol. The van der Waals surface area contributed by atoms with Crippen molar-refractivity contribution < 1.29 is 13.6 Å². The highest BCUT2D eigenvalue weighted by atomic mass is 19.1. The van der Waals surface area contributed by atoms with Crippen LogP contribution in [0.4, 0.5) is 20.7 Å². The van der Waals surface area contributed by atoms with Gasteiger partial charge in [-0.15, -0.1) is 0 Å². The van der Waals surface area contributed by atoms with Crippen molar-refractivity contribution in [2.75, 3.05) is 32.5 Å². The fourth-order valence-corrected chi connectivity index (χ4v) is 4.75. The summed E-state index contributed by atoms with van der Waals surface area (Å²) >= 11 is 0. The molecule has 0 spiro atoms. The molecule has 0 saturated heterocycles. The molecule has 198 valence electrons. The van der Waals surface area contributed by atoms with Crippen molar-refractivity contribution >= 4 is 28.8 Å². The first-order chi connectivity index (χ1) is 18.1. The van der Waals surface area contributed by atoms with Crippen molar-refractivity contribution in [1.29, 1.82) is 0 Å². The maximum Gasteiger partial charge on any atom is 0.237 e. The lowest BCUT2D eigenvalue weighted by Gasteiger charge is -2.29. The molecule has 1 aliphatic rings. The molecule has 3 aromatic heterocycles. The fraction of sp³-hybridized carbons (Fsp3) is 0.385. The van der Waals surface area contributed by atoms with Crippen LogP contribution in [0.1, 0.15) is 37.0 Å². The second-order valence-corrected chi connectivity index (χ2v) is 9.93. The first-order valence-corrected chi connectivity index (χ1v) is 12.4. The van der Waals surface area contributed by atoms with E-state index in [1.807, 2.05) is 44.3 Å². The number of rotatable bonds is 6. The number of benzene rings is 1. The number of anilines is 2. The van der Waals surface area contributed by atoms with Crippen molar-refractivity contribution in [3.63, 3.8) is 0 Å². The minimum Gasteiger partial charge on any atom is -0.337 e. The maximum atomic E-state index is 15.0. The van der Waals surface area contributed by atoms with Gasteiger partial charge in [0, 0.05) is 42.9 Å². The van der Waals surface area contributed by atoms with Gasteiger partial charge in [-0.1, -0.05) is 0 Å². The van der Waals surface area contributed by atoms with Crippen LogP contribution in [0.2, 0.25) is 0 Å². The van der Waals surface area contributed by atoms with Crippen molar-refractivity contribution in [3.8, 4) is 11.3 Å². The van der Waals surface area contributed by atoms with Gasteiger partial charge in [0.25, 0.3) is 0 Å². The number of hydrogen-bond acceptors (Lipinski definition) is 8. The molecule has 4 aromatic rings. The van der Waals surface area contributed by atoms with Gasteiger partial charge in [0.1, 0.15) is 17.0 Å². The predicted molar refractivity (Wildman–Crippen MR) is 139 cm³/mol. The summed E-state index contributed by atoms with van der Waals surface area (Å²) in [6.45, 7) is 7.11. The number of nitrogens with one attached hydrogen (secondary N) is 1. The molecule has 0 atom stereocenters. The summed E-state index contributed by atoms with van der Waals surface area (Å²) in [5.74, 6) is -0.180. The Labute approximate surface area is 218 Å². The van der Waals surface area contributed by atoms with Gasteiger partial charge in [-0.3, -0.25) is 10.1 Å². The van der Waals surface area contributed by atoms with E-state index in [2.05, 4.69) is 30.2 Å². The second-order valence-electron chi connectivity index (χ2n) is 9.93. The largest absolute Gasteiger partial charge is 0.337 e. The standard InChI is InChI=1S/C26H29F2N9O/c1-14(2)37-15(3)31-24-18(27)8-16(9-21(24)37)23-19(28)11-30-26(33-23)34-25-29-10-17-12-36(7-6-20(17)32-25)22(38)13-35(4)5/h8-11,14H,6-7,12-13H2,1-5H3,(H,29,30,32,33,34). The van der Waals surface area contributed by atoms with Crippen LogP contribution in [-0.4, -0.2) is 72.4 Å². The van der Waals surface area contributed by atoms with Crippen LogP contribution in [0.15, 0.2) is 24.5 Å². The molecule has 0 unspecified atom stereocenters. The molecule has 1 amide bonds. The van der Waals surface area contributed by atoms with Gasteiger partial charge >= 0.3 is 0 Å². The zero-order valence-corrected chi connectivity index (χ0v) is 22.0. The van der Waals surface area contributed by atoms with E-state index in [1.165, 1.54) is 6.07 Å². The number of hydrogen-bond donors (Lipinski definition) is 1. The summed E-state index contributed by atoms with van der Waals surface area (Å²) in [7, 11) is 3.71. The van der Waals surface area contributed by atoms with Gasteiger partial charge in [-0.05, 0) is 47.0 Å². The van der Waals surface area contributed by atoms with Gasteiger partial charge in [0.2, 0.25) is 17.8 Å². The minimum absolute atomic E-state index is 0.0430. The van der Waals surface area contributed by atoms with E-state index in [1.54, 1.807) is 17.2 Å². The summed E-state index contributed by atoms with van der Waals surface area (Å²) in [6, 6.07) is 2.96. The Kier molecular flexibility index (Phi) is 6.74. The lowest BCUT2D eigenvalue weighted by molar-refractivity contribution is -0.132. The smallest absolute Gasteiger partial charge is 0.237 e. The third kappa shape index (κ3) is 4.91. The molecule has 0 radical (unpaired) electrons. The molecule has 4 heterocycles. The lowest BCUT2D eigenvalue weighted by Crippen LogP contribution is -2.41. The van der Waals surface area contributed by atoms with Crippen LogP contribution in [0.25, 0.3) is 22.3 Å². The summed E-state index contributed by atoms with van der Waals surface area (Å²) in [5.41, 5.74) is 2.71. The maximum absolute atomic E-state index is 15.0. The average Bonchev–Trinajstić information content (AvgIpc) is 3.21. The van der Waals surface area contributed by atoms with E-state index in [9.17, 15) is 13.6 Å². The van der Waals surface area contributed by atoms with Gasteiger partial charge in [-0.25, -0.2) is 33.7 Å². The minimum atomic E-state index is -0.685. The van der Waals surface area contributed by atoms with Crippen LogP contribution in [0, 0.1) is 18.6 Å². The average molecular weight is 522 g/mol. The molecule has 0 aliphatic carbocycles. The molecule has 5 rings (SSSR count). The summed E-state index contributed by atoms with van der Waals surface area (Å²) in [6.07, 6.45) is 3.29. The molecule has 10 nitrogen and oxygen atoms in total. The Morgan fingerprint density at radius 1 is 1.08 bits per heavy atom. The second kappa shape index (κ2) is 10.0. The van der Waals surface area contributed by atoms with Crippen molar-refractivity contribution in [2.45, 2.75) is 39.8 Å². The van der Waals surface area contributed by atoms with Crippen LogP contribution in [-0.2, 0) is 17.8 Å². The van der Waals surface area contributed by atoms with Crippen molar-refractivity contribution in [1.82, 2.24) is 39.3 Å². The zero-order valence-electron chi connectivity index (χ0n) is 22.0. The number of halogens is 2. The normalized spacial score (nSPS) is 13.4. The number of fused-ring (bicyclic) bond motifs is 2. The van der Waals surface area contributed by atoms with Crippen LogP contribution >= 0.6 is 0 Å². The molecule has 38 heavy (non-hydrogen) atoms. The van der Waals surface area contributed by atoms with Crippen LogP contribution in [0.5, 0.6) is 0 Å². The Bertz CT molecular complexity index is 1530. The number of carbonyl (C=O) groups is 1. The first-order valence-electron chi connectivity index (χ1n) is 12.4. The third-order valence-corrected chi connectivity index (χ3v) is 6.42. The molecule has 1 aromatic carbocycles. The Balaban J connectivity index is 1.41. The number of likely N-dealkylation sites (N-methyl/N-ethyl adjacent to an activating group) is 1. The van der Waals surface area contributed by atoms with Gasteiger partial charge < -0.3 is 14.4 Å². The molecule has 12 heteroatoms. The number of aryl methyl sites for hydroxylation is 1. The highest BCUT2D eigenvalue weighted by molar-refractivity contribution is 5.83. The highest BCUT2D eigenvalue weighted by Gasteiger charge is 2.23.